The van der Waals surface area contributed by atoms with E-state index in [0.717, 1.165) is 25.9 Å². The van der Waals surface area contributed by atoms with Gasteiger partial charge in [-0.2, -0.15) is 13.2 Å². The van der Waals surface area contributed by atoms with Gasteiger partial charge in [-0.3, -0.25) is 0 Å². The maximum absolute atomic E-state index is 12.3. The predicted octanol–water partition coefficient (Wildman–Crippen LogP) is 2.59. The fourth-order valence-corrected chi connectivity index (χ4v) is 4.92. The van der Waals surface area contributed by atoms with E-state index < -0.39 is 22.2 Å². The van der Waals surface area contributed by atoms with Crippen molar-refractivity contribution in [1.29, 1.82) is 0 Å². The van der Waals surface area contributed by atoms with Crippen LogP contribution in [0.15, 0.2) is 30.3 Å². The van der Waals surface area contributed by atoms with Crippen molar-refractivity contribution in [2.24, 2.45) is 5.41 Å². The van der Waals surface area contributed by atoms with Crippen LogP contribution in [0, 0.1) is 5.41 Å². The van der Waals surface area contributed by atoms with Gasteiger partial charge in [-0.15, -0.1) is 0 Å². The maximum atomic E-state index is 12.3. The molecule has 1 atom stereocenters. The summed E-state index contributed by atoms with van der Waals surface area (Å²) in [7, 11) is -3.13. The number of carboxylic acid groups (broad SMARTS) is 1. The van der Waals surface area contributed by atoms with E-state index in [2.05, 4.69) is 17.0 Å². The molecule has 2 heterocycles. The van der Waals surface area contributed by atoms with Crippen molar-refractivity contribution in [2.75, 3.05) is 50.0 Å². The number of hydrogen-bond acceptors (Lipinski definition) is 5. The number of carbonyl (C=O) groups is 1. The smallest absolute Gasteiger partial charge is 0.475 e. The Labute approximate surface area is 174 Å². The van der Waals surface area contributed by atoms with Crippen LogP contribution in [0.4, 0.5) is 18.9 Å². The Hall–Kier alpha value is -1.85. The number of sulfonamides is 1. The van der Waals surface area contributed by atoms with E-state index in [0.29, 0.717) is 26.3 Å². The first-order valence-corrected chi connectivity index (χ1v) is 11.3. The van der Waals surface area contributed by atoms with Gasteiger partial charge in [-0.25, -0.2) is 17.5 Å². The van der Waals surface area contributed by atoms with Gasteiger partial charge in [0.15, 0.2) is 0 Å². The molecule has 2 aliphatic heterocycles. The lowest BCUT2D eigenvalue weighted by atomic mass is 9.81. The second kappa shape index (κ2) is 9.97. The van der Waals surface area contributed by atoms with Gasteiger partial charge in [-0.05, 0) is 31.9 Å². The highest BCUT2D eigenvalue weighted by molar-refractivity contribution is 7.89. The summed E-state index contributed by atoms with van der Waals surface area (Å²) in [5, 5.41) is 7.12. The van der Waals surface area contributed by atoms with Crippen molar-refractivity contribution in [1.82, 2.24) is 4.31 Å². The molecular weight excluding hydrogens is 425 g/mol. The minimum atomic E-state index is -5.08. The quantitative estimate of drug-likeness (QED) is 0.759. The molecule has 1 aromatic rings. The first-order chi connectivity index (χ1) is 14.0. The highest BCUT2D eigenvalue weighted by atomic mass is 32.2. The van der Waals surface area contributed by atoms with Crippen LogP contribution >= 0.6 is 0 Å². The van der Waals surface area contributed by atoms with E-state index in [1.54, 1.807) is 11.2 Å². The van der Waals surface area contributed by atoms with Crippen LogP contribution in [0.1, 0.15) is 19.8 Å². The van der Waals surface area contributed by atoms with Crippen LogP contribution in [0.3, 0.4) is 0 Å². The first-order valence-electron chi connectivity index (χ1n) is 9.65. The first kappa shape index (κ1) is 24.4. The summed E-state index contributed by atoms with van der Waals surface area (Å²) in [5.41, 5.74) is 1.08. The van der Waals surface area contributed by atoms with Crippen molar-refractivity contribution < 1.29 is 36.2 Å². The number of halogens is 3. The number of hydrogen-bond donors (Lipinski definition) is 1. The Morgan fingerprint density at radius 2 is 1.83 bits per heavy atom. The van der Waals surface area contributed by atoms with Gasteiger partial charge in [0.05, 0.1) is 19.0 Å². The average molecular weight is 452 g/mol. The molecular formula is C19H27F3N2O5S. The van der Waals surface area contributed by atoms with Gasteiger partial charge in [-0.1, -0.05) is 18.2 Å². The normalized spacial score (nSPS) is 23.4. The number of rotatable bonds is 3. The third-order valence-corrected chi connectivity index (χ3v) is 7.02. The predicted molar refractivity (Wildman–Crippen MR) is 106 cm³/mol. The number of anilines is 1. The molecule has 2 saturated heterocycles. The summed E-state index contributed by atoms with van der Waals surface area (Å²) >= 11 is 0. The van der Waals surface area contributed by atoms with E-state index in [1.165, 1.54) is 5.69 Å². The molecule has 1 N–H and O–H groups in total. The molecule has 7 nitrogen and oxygen atoms in total. The standard InChI is InChI=1S/C17H26N2O3S.C2HF3O2/c1-2-23(20,21)19-10-6-9-17(14-19)13-18(11-12-22-15-17)16-7-4-3-5-8-16;3-2(4,5)1(6)7/h3-5,7-8H,2,6,9-15H2,1H3;(H,6,7). The molecule has 170 valence electrons. The van der Waals surface area contributed by atoms with Crippen LogP contribution in [0.5, 0.6) is 0 Å². The van der Waals surface area contributed by atoms with E-state index in [1.807, 2.05) is 18.2 Å². The Kier molecular flexibility index (Phi) is 8.12. The van der Waals surface area contributed by atoms with Crippen molar-refractivity contribution in [3.05, 3.63) is 30.3 Å². The van der Waals surface area contributed by atoms with Crippen LogP contribution in [0.2, 0.25) is 0 Å². The zero-order valence-electron chi connectivity index (χ0n) is 16.8. The van der Waals surface area contributed by atoms with Gasteiger partial charge >= 0.3 is 12.1 Å². The minimum Gasteiger partial charge on any atom is -0.475 e. The molecule has 1 spiro atoms. The molecule has 11 heteroatoms. The summed E-state index contributed by atoms with van der Waals surface area (Å²) in [6.07, 6.45) is -3.16. The summed E-state index contributed by atoms with van der Waals surface area (Å²) < 4.78 is 63.9. The number of alkyl halides is 3. The molecule has 0 amide bonds. The SMILES string of the molecule is CCS(=O)(=O)N1CCCC2(COCCN(c3ccccc3)C2)C1.O=C(O)C(F)(F)F. The van der Waals surface area contributed by atoms with Gasteiger partial charge in [0.1, 0.15) is 0 Å². The number of para-hydroxylation sites is 1. The lowest BCUT2D eigenvalue weighted by Gasteiger charge is -2.43. The molecule has 0 saturated carbocycles. The second-order valence-corrected chi connectivity index (χ2v) is 9.71. The highest BCUT2D eigenvalue weighted by Gasteiger charge is 2.42. The van der Waals surface area contributed by atoms with Gasteiger partial charge in [0, 0.05) is 37.3 Å². The van der Waals surface area contributed by atoms with Crippen LogP contribution in [-0.4, -0.2) is 75.1 Å². The topological polar surface area (TPSA) is 87.2 Å². The number of piperidine rings is 1. The largest absolute Gasteiger partial charge is 0.490 e. The Morgan fingerprint density at radius 1 is 1.20 bits per heavy atom. The second-order valence-electron chi connectivity index (χ2n) is 7.45. The number of carboxylic acids is 1. The van der Waals surface area contributed by atoms with Crippen molar-refractivity contribution in [3.8, 4) is 0 Å². The summed E-state index contributed by atoms with van der Waals surface area (Å²) in [6.45, 7) is 5.98. The Bertz CT molecular complexity index is 804. The van der Waals surface area contributed by atoms with Crippen molar-refractivity contribution in [3.63, 3.8) is 0 Å². The van der Waals surface area contributed by atoms with Crippen LogP contribution in [-0.2, 0) is 19.6 Å². The third kappa shape index (κ3) is 6.58. The zero-order valence-corrected chi connectivity index (χ0v) is 17.6. The maximum Gasteiger partial charge on any atom is 0.490 e. The Morgan fingerprint density at radius 3 is 2.40 bits per heavy atom. The third-order valence-electron chi connectivity index (χ3n) is 5.19. The molecule has 2 fully saturated rings. The number of aliphatic carboxylic acids is 1. The lowest BCUT2D eigenvalue weighted by Crippen LogP contribution is -2.52. The Balaban J connectivity index is 0.000000396. The van der Waals surface area contributed by atoms with E-state index in [9.17, 15) is 21.6 Å². The van der Waals surface area contributed by atoms with Crippen LogP contribution < -0.4 is 4.90 Å². The highest BCUT2D eigenvalue weighted by Crippen LogP contribution is 2.35. The molecule has 3 rings (SSSR count). The van der Waals surface area contributed by atoms with Crippen LogP contribution in [0.25, 0.3) is 0 Å². The van der Waals surface area contributed by atoms with Crippen molar-refractivity contribution >= 4 is 21.7 Å². The lowest BCUT2D eigenvalue weighted by molar-refractivity contribution is -0.192. The fraction of sp³-hybridized carbons (Fsp3) is 0.632. The van der Waals surface area contributed by atoms with Gasteiger partial charge < -0.3 is 14.7 Å². The van der Waals surface area contributed by atoms with Gasteiger partial charge in [0.25, 0.3) is 0 Å². The number of ether oxygens (including phenoxy) is 1. The summed E-state index contributed by atoms with van der Waals surface area (Å²) in [6, 6.07) is 10.3. The van der Waals surface area contributed by atoms with Crippen molar-refractivity contribution in [2.45, 2.75) is 25.9 Å². The van der Waals surface area contributed by atoms with Gasteiger partial charge in [0.2, 0.25) is 10.0 Å². The summed E-state index contributed by atoms with van der Waals surface area (Å²) in [4.78, 5) is 11.2. The monoisotopic (exact) mass is 452 g/mol. The molecule has 2 aliphatic rings. The molecule has 0 bridgehead atoms. The average Bonchev–Trinajstić information content (AvgIpc) is 2.91. The molecule has 0 aliphatic carbocycles. The molecule has 0 radical (unpaired) electrons. The molecule has 1 aromatic carbocycles. The minimum absolute atomic E-state index is 0.104. The van der Waals surface area contributed by atoms with E-state index >= 15 is 0 Å². The van der Waals surface area contributed by atoms with E-state index in [4.69, 9.17) is 14.6 Å². The fourth-order valence-electron chi connectivity index (χ4n) is 3.68. The molecule has 1 unspecified atom stereocenters. The number of benzene rings is 1. The molecule has 0 aromatic heterocycles. The zero-order chi connectivity index (χ0) is 22.4. The molecule has 30 heavy (non-hydrogen) atoms. The summed E-state index contributed by atoms with van der Waals surface area (Å²) in [5.74, 6) is -2.58. The van der Waals surface area contributed by atoms with E-state index in [-0.39, 0.29) is 11.2 Å². The number of nitrogens with zero attached hydrogens (tertiary/aromatic N) is 2.